The first kappa shape index (κ1) is 12.9. The fraction of sp³-hybridized carbons (Fsp3) is 0.500. The highest BCUT2D eigenvalue weighted by Gasteiger charge is 2.41. The average molecular weight is 251 g/mol. The van der Waals surface area contributed by atoms with E-state index in [0.717, 1.165) is 25.7 Å². The van der Waals surface area contributed by atoms with E-state index < -0.39 is 17.2 Å². The molecule has 1 fully saturated rings. The summed E-state index contributed by atoms with van der Waals surface area (Å²) in [6.45, 7) is 0. The van der Waals surface area contributed by atoms with Gasteiger partial charge in [-0.3, -0.25) is 4.79 Å². The van der Waals surface area contributed by atoms with Crippen LogP contribution in [0.1, 0.15) is 44.1 Å². The number of rotatable bonds is 2. The van der Waals surface area contributed by atoms with Gasteiger partial charge in [0.15, 0.2) is 0 Å². The molecule has 0 amide bonds. The van der Waals surface area contributed by atoms with Gasteiger partial charge in [-0.2, -0.15) is 0 Å². The first-order valence-electron chi connectivity index (χ1n) is 6.35. The smallest absolute Gasteiger partial charge is 0.314 e. The minimum atomic E-state index is -1.01. The monoisotopic (exact) mass is 251 g/mol. The Balaban J connectivity index is 2.52. The molecule has 0 bridgehead atoms. The van der Waals surface area contributed by atoms with E-state index in [-0.39, 0.29) is 0 Å². The van der Waals surface area contributed by atoms with Gasteiger partial charge in [-0.05, 0) is 36.6 Å². The van der Waals surface area contributed by atoms with Crippen LogP contribution < -0.4 is 5.73 Å². The Hall–Kier alpha value is -1.58. The van der Waals surface area contributed by atoms with Crippen LogP contribution in [0.4, 0.5) is 10.1 Å². The Bertz CT molecular complexity index is 451. The number of benzene rings is 1. The summed E-state index contributed by atoms with van der Waals surface area (Å²) in [6, 6.07) is 4.01. The van der Waals surface area contributed by atoms with E-state index in [1.54, 1.807) is 0 Å². The molecule has 1 aromatic rings. The summed E-state index contributed by atoms with van der Waals surface area (Å²) < 4.78 is 13.4. The number of nitrogens with two attached hydrogens (primary N) is 1. The lowest BCUT2D eigenvalue weighted by atomic mass is 9.73. The number of carboxylic acid groups (broad SMARTS) is 1. The van der Waals surface area contributed by atoms with Crippen molar-refractivity contribution in [2.45, 2.75) is 43.9 Å². The molecule has 4 heteroatoms. The van der Waals surface area contributed by atoms with Gasteiger partial charge in [-0.25, -0.2) is 4.39 Å². The second-order valence-corrected chi connectivity index (χ2v) is 5.03. The van der Waals surface area contributed by atoms with Crippen LogP contribution in [0.15, 0.2) is 18.2 Å². The fourth-order valence-corrected chi connectivity index (χ4v) is 2.87. The van der Waals surface area contributed by atoms with Gasteiger partial charge in [0.05, 0.1) is 5.41 Å². The van der Waals surface area contributed by atoms with Crippen LogP contribution in [0.2, 0.25) is 0 Å². The van der Waals surface area contributed by atoms with E-state index in [0.29, 0.717) is 24.1 Å². The van der Waals surface area contributed by atoms with Gasteiger partial charge in [-0.1, -0.05) is 25.7 Å². The Morgan fingerprint density at radius 2 is 1.83 bits per heavy atom. The van der Waals surface area contributed by atoms with Gasteiger partial charge in [0, 0.05) is 5.69 Å². The summed E-state index contributed by atoms with van der Waals surface area (Å²) in [5.74, 6) is -1.31. The second kappa shape index (κ2) is 4.96. The summed E-state index contributed by atoms with van der Waals surface area (Å²) in [5, 5.41) is 9.60. The standard InChI is InChI=1S/C14H18FNO2/c15-10-5-6-12(16)11(9-10)14(13(17)18)7-3-1-2-4-8-14/h5-6,9H,1-4,7-8,16H2,(H,17,18). The van der Waals surface area contributed by atoms with Gasteiger partial charge in [0.25, 0.3) is 0 Å². The highest BCUT2D eigenvalue weighted by Crippen LogP contribution is 2.41. The first-order chi connectivity index (χ1) is 8.56. The third-order valence-corrected chi connectivity index (χ3v) is 3.90. The van der Waals surface area contributed by atoms with Crippen LogP contribution in [-0.4, -0.2) is 11.1 Å². The van der Waals surface area contributed by atoms with E-state index in [4.69, 9.17) is 5.73 Å². The molecule has 98 valence electrons. The minimum absolute atomic E-state index is 0.376. The molecule has 1 aromatic carbocycles. The van der Waals surface area contributed by atoms with E-state index in [1.807, 2.05) is 0 Å². The van der Waals surface area contributed by atoms with Crippen molar-refractivity contribution < 1.29 is 14.3 Å². The highest BCUT2D eigenvalue weighted by molar-refractivity contribution is 5.83. The van der Waals surface area contributed by atoms with Crippen LogP contribution in [0, 0.1) is 5.82 Å². The topological polar surface area (TPSA) is 63.3 Å². The molecule has 0 atom stereocenters. The first-order valence-corrected chi connectivity index (χ1v) is 6.35. The molecule has 3 nitrogen and oxygen atoms in total. The number of aliphatic carboxylic acids is 1. The lowest BCUT2D eigenvalue weighted by Crippen LogP contribution is -2.36. The quantitative estimate of drug-likeness (QED) is 0.627. The summed E-state index contributed by atoms with van der Waals surface area (Å²) in [7, 11) is 0. The number of carbonyl (C=O) groups is 1. The second-order valence-electron chi connectivity index (χ2n) is 5.03. The van der Waals surface area contributed by atoms with Crippen molar-refractivity contribution in [1.29, 1.82) is 0 Å². The molecular formula is C14H18FNO2. The van der Waals surface area contributed by atoms with Gasteiger partial charge in [0.2, 0.25) is 0 Å². The van der Waals surface area contributed by atoms with Crippen molar-refractivity contribution in [3.8, 4) is 0 Å². The van der Waals surface area contributed by atoms with E-state index in [2.05, 4.69) is 0 Å². The third-order valence-electron chi connectivity index (χ3n) is 3.90. The largest absolute Gasteiger partial charge is 0.481 e. The van der Waals surface area contributed by atoms with Crippen molar-refractivity contribution in [3.63, 3.8) is 0 Å². The number of anilines is 1. The van der Waals surface area contributed by atoms with E-state index in [1.165, 1.54) is 18.2 Å². The Morgan fingerprint density at radius 3 is 2.39 bits per heavy atom. The molecule has 0 heterocycles. The van der Waals surface area contributed by atoms with Crippen LogP contribution >= 0.6 is 0 Å². The zero-order valence-electron chi connectivity index (χ0n) is 10.3. The average Bonchev–Trinajstić information content (AvgIpc) is 2.58. The fourth-order valence-electron chi connectivity index (χ4n) is 2.87. The molecule has 0 saturated heterocycles. The number of nitrogen functional groups attached to an aromatic ring is 1. The van der Waals surface area contributed by atoms with Crippen molar-refractivity contribution in [3.05, 3.63) is 29.6 Å². The number of hydrogen-bond donors (Lipinski definition) is 2. The molecule has 1 aliphatic carbocycles. The third kappa shape index (κ3) is 2.19. The van der Waals surface area contributed by atoms with Crippen LogP contribution in [0.5, 0.6) is 0 Å². The van der Waals surface area contributed by atoms with E-state index >= 15 is 0 Å². The van der Waals surface area contributed by atoms with Crippen molar-refractivity contribution in [2.24, 2.45) is 0 Å². The number of carboxylic acids is 1. The predicted molar refractivity (Wildman–Crippen MR) is 67.8 cm³/mol. The molecule has 1 saturated carbocycles. The molecule has 2 rings (SSSR count). The van der Waals surface area contributed by atoms with Crippen molar-refractivity contribution >= 4 is 11.7 Å². The summed E-state index contributed by atoms with van der Waals surface area (Å²) >= 11 is 0. The lowest BCUT2D eigenvalue weighted by Gasteiger charge is -2.29. The van der Waals surface area contributed by atoms with Gasteiger partial charge >= 0.3 is 5.97 Å². The minimum Gasteiger partial charge on any atom is -0.481 e. The normalized spacial score (nSPS) is 19.2. The molecule has 0 aliphatic heterocycles. The summed E-state index contributed by atoms with van der Waals surface area (Å²) in [6.07, 6.45) is 4.84. The SMILES string of the molecule is Nc1ccc(F)cc1C1(C(=O)O)CCCCCC1. The maximum Gasteiger partial charge on any atom is 0.314 e. The molecule has 0 spiro atoms. The highest BCUT2D eigenvalue weighted by atomic mass is 19.1. The molecule has 0 unspecified atom stereocenters. The molecule has 3 N–H and O–H groups in total. The molecule has 1 aliphatic rings. The van der Waals surface area contributed by atoms with Crippen molar-refractivity contribution in [2.75, 3.05) is 5.73 Å². The molecule has 18 heavy (non-hydrogen) atoms. The Labute approximate surface area is 106 Å². The maximum absolute atomic E-state index is 13.4. The number of hydrogen-bond acceptors (Lipinski definition) is 2. The number of halogens is 1. The molecular weight excluding hydrogens is 233 g/mol. The Morgan fingerprint density at radius 1 is 1.22 bits per heavy atom. The van der Waals surface area contributed by atoms with Crippen molar-refractivity contribution in [1.82, 2.24) is 0 Å². The van der Waals surface area contributed by atoms with E-state index in [9.17, 15) is 14.3 Å². The maximum atomic E-state index is 13.4. The summed E-state index contributed by atoms with van der Waals surface area (Å²) in [4.78, 5) is 11.7. The van der Waals surface area contributed by atoms with Crippen LogP contribution in [0.25, 0.3) is 0 Å². The zero-order chi connectivity index (χ0) is 13.2. The van der Waals surface area contributed by atoms with Gasteiger partial charge in [-0.15, -0.1) is 0 Å². The van der Waals surface area contributed by atoms with Gasteiger partial charge < -0.3 is 10.8 Å². The molecule has 0 aromatic heterocycles. The predicted octanol–water partition coefficient (Wildman–Crippen LogP) is 3.08. The zero-order valence-corrected chi connectivity index (χ0v) is 10.3. The molecule has 0 radical (unpaired) electrons. The van der Waals surface area contributed by atoms with Crippen LogP contribution in [0.3, 0.4) is 0 Å². The van der Waals surface area contributed by atoms with Crippen LogP contribution in [-0.2, 0) is 10.2 Å². The van der Waals surface area contributed by atoms with Gasteiger partial charge in [0.1, 0.15) is 5.82 Å². The summed E-state index contributed by atoms with van der Waals surface area (Å²) in [5.41, 5.74) is 5.67. The lowest BCUT2D eigenvalue weighted by molar-refractivity contribution is -0.144. The Kier molecular flexibility index (Phi) is 3.55.